The van der Waals surface area contributed by atoms with Crippen LogP contribution in [0.3, 0.4) is 0 Å². The van der Waals surface area contributed by atoms with Crippen molar-refractivity contribution in [1.82, 2.24) is 0 Å². The van der Waals surface area contributed by atoms with E-state index in [4.69, 9.17) is 35.9 Å². The van der Waals surface area contributed by atoms with Gasteiger partial charge in [-0.3, -0.25) is 0 Å². The normalized spacial score (nSPS) is 12.8. The second kappa shape index (κ2) is 12.0. The summed E-state index contributed by atoms with van der Waals surface area (Å²) in [4.78, 5) is 0.965. The maximum Gasteiger partial charge on any atom is 0.416 e. The molecule has 2 nitrogen and oxygen atoms in total. The Morgan fingerprint density at radius 1 is 0.611 bits per heavy atom. The Morgan fingerprint density at radius 3 is 1.53 bits per heavy atom. The molecule has 0 aromatic heterocycles. The van der Waals surface area contributed by atoms with Gasteiger partial charge in [0.1, 0.15) is 0 Å². The molecule has 0 aliphatic rings. The average molecular weight is 565 g/mol. The zero-order valence-corrected chi connectivity index (χ0v) is 21.7. The van der Waals surface area contributed by atoms with E-state index >= 15 is 0 Å². The molecule has 0 N–H and O–H groups in total. The summed E-state index contributed by atoms with van der Waals surface area (Å²) in [7, 11) is 0. The molecule has 0 amide bonds. The van der Waals surface area contributed by atoms with Crippen molar-refractivity contribution in [3.8, 4) is 0 Å². The Balaban J connectivity index is 0.00000361. The Morgan fingerprint density at radius 2 is 1.03 bits per heavy atom. The monoisotopic (exact) mass is 564 g/mol. The molecule has 4 aromatic carbocycles. The predicted octanol–water partition coefficient (Wildman–Crippen LogP) is 9.02. The predicted molar refractivity (Wildman–Crippen MR) is 138 cm³/mol. The van der Waals surface area contributed by atoms with Crippen molar-refractivity contribution in [2.45, 2.75) is 35.0 Å². The quantitative estimate of drug-likeness (QED) is 0.165. The van der Waals surface area contributed by atoms with Crippen molar-refractivity contribution in [2.75, 3.05) is 0 Å². The number of benzene rings is 4. The minimum absolute atomic E-state index is 0. The molecule has 0 saturated heterocycles. The van der Waals surface area contributed by atoms with Crippen molar-refractivity contribution in [1.29, 1.82) is 0 Å². The number of hydrogen-bond donors (Lipinski definition) is 0. The third-order valence-corrected chi connectivity index (χ3v) is 6.37. The van der Waals surface area contributed by atoms with Crippen LogP contribution in [-0.2, 0) is 47.9 Å². The molecule has 0 saturated carbocycles. The molecule has 8 heteroatoms. The first-order valence-electron chi connectivity index (χ1n) is 10.9. The largest absolute Gasteiger partial charge is 0.781 e. The molecule has 0 fully saturated rings. The number of halogens is 3. The number of nitrogens with zero attached hydrogens (tertiary/aromatic N) is 2. The maximum absolute atomic E-state index is 14.2. The minimum Gasteiger partial charge on any atom is -0.781 e. The summed E-state index contributed by atoms with van der Waals surface area (Å²) in [5.74, 6) is 0. The molecule has 4 rings (SSSR count). The van der Waals surface area contributed by atoms with E-state index in [1.54, 1.807) is 54.6 Å². The number of para-hydroxylation sites is 2. The van der Waals surface area contributed by atoms with E-state index in [9.17, 15) is 13.2 Å². The van der Waals surface area contributed by atoms with Crippen LogP contribution < -0.4 is 0 Å². The number of rotatable bonds is 7. The van der Waals surface area contributed by atoms with Crippen LogP contribution in [0, 0.1) is 6.92 Å². The van der Waals surface area contributed by atoms with Crippen LogP contribution in [0.15, 0.2) is 107 Å². The first-order chi connectivity index (χ1) is 16.8. The summed E-state index contributed by atoms with van der Waals surface area (Å²) < 4.78 is 42.5. The molecule has 0 spiro atoms. The number of alkyl halides is 3. The summed E-state index contributed by atoms with van der Waals surface area (Å²) in [5, 5.41) is 9.73. The average Bonchev–Trinajstić information content (AvgIpc) is 2.83. The number of aryl methyl sites for hydroxylation is 1. The third-order valence-electron chi connectivity index (χ3n) is 5.68. The smallest absolute Gasteiger partial charge is 0.416 e. The van der Waals surface area contributed by atoms with E-state index in [0.29, 0.717) is 21.2 Å². The van der Waals surface area contributed by atoms with Crippen LogP contribution in [0.1, 0.15) is 34.3 Å². The van der Waals surface area contributed by atoms with E-state index in [2.05, 4.69) is 0 Å². The van der Waals surface area contributed by atoms with Crippen LogP contribution in [0.4, 0.5) is 24.5 Å². The maximum atomic E-state index is 14.2. The molecule has 0 bridgehead atoms. The fourth-order valence-corrected chi connectivity index (χ4v) is 4.38. The van der Waals surface area contributed by atoms with Gasteiger partial charge in [0.2, 0.25) is 0 Å². The summed E-state index contributed by atoms with van der Waals surface area (Å²) >= 11 is 10.9. The van der Waals surface area contributed by atoms with Gasteiger partial charge in [-0.25, -0.2) is 0 Å². The fourth-order valence-electron chi connectivity index (χ4n) is 3.98. The van der Waals surface area contributed by atoms with Gasteiger partial charge in [0.25, 0.3) is 0 Å². The van der Waals surface area contributed by atoms with Gasteiger partial charge < -0.3 is 35.9 Å². The molecule has 0 aliphatic heterocycles. The molecule has 190 valence electrons. The SMILES string of the molecule is Cc1ccccc1C([N-]c1ccccc1[S-])C([N-]c1ccccc1[S-])c1ccccc1C(F)(F)F.[Ni]. The van der Waals surface area contributed by atoms with Gasteiger partial charge in [-0.05, 0) is 18.6 Å². The first kappa shape index (κ1) is 27.8. The first-order valence-corrected chi connectivity index (χ1v) is 11.7. The molecule has 0 heterocycles. The van der Waals surface area contributed by atoms with Crippen LogP contribution in [-0.4, -0.2) is 0 Å². The second-order valence-electron chi connectivity index (χ2n) is 8.02. The van der Waals surface area contributed by atoms with Crippen molar-refractivity contribution in [3.05, 3.63) is 130 Å². The van der Waals surface area contributed by atoms with Gasteiger partial charge in [-0.2, -0.15) is 34.3 Å². The van der Waals surface area contributed by atoms with E-state index in [1.807, 2.05) is 31.2 Å². The molecule has 2 unspecified atom stereocenters. The van der Waals surface area contributed by atoms with Gasteiger partial charge in [0.05, 0.1) is 5.56 Å². The molecule has 0 radical (unpaired) electrons. The molecular weight excluding hydrogens is 544 g/mol. The van der Waals surface area contributed by atoms with Gasteiger partial charge >= 0.3 is 6.18 Å². The van der Waals surface area contributed by atoms with Crippen LogP contribution >= 0.6 is 0 Å². The van der Waals surface area contributed by atoms with Crippen LogP contribution in [0.5, 0.6) is 0 Å². The summed E-state index contributed by atoms with van der Waals surface area (Å²) in [6, 6.07) is 25.3. The Labute approximate surface area is 230 Å². The number of hydrogen-bond acceptors (Lipinski definition) is 2. The van der Waals surface area contributed by atoms with E-state index in [0.717, 1.165) is 17.2 Å². The molecule has 2 atom stereocenters. The molecule has 0 aliphatic carbocycles. The Kier molecular flexibility index (Phi) is 9.23. The van der Waals surface area contributed by atoms with E-state index in [-0.39, 0.29) is 22.1 Å². The third kappa shape index (κ3) is 6.30. The van der Waals surface area contributed by atoms with Crippen molar-refractivity contribution in [2.24, 2.45) is 0 Å². The summed E-state index contributed by atoms with van der Waals surface area (Å²) in [6.45, 7) is 1.91. The van der Waals surface area contributed by atoms with Crippen molar-refractivity contribution < 1.29 is 29.7 Å². The zero-order valence-electron chi connectivity index (χ0n) is 19.1. The van der Waals surface area contributed by atoms with Gasteiger partial charge in [0, 0.05) is 16.5 Å². The van der Waals surface area contributed by atoms with Gasteiger partial charge in [0.15, 0.2) is 0 Å². The molecule has 4 aromatic rings. The Bertz CT molecular complexity index is 1310. The fraction of sp³-hybridized carbons (Fsp3) is 0.143. The Hall–Kier alpha value is -2.80. The zero-order chi connectivity index (χ0) is 25.0. The topological polar surface area (TPSA) is 28.2 Å². The second-order valence-corrected chi connectivity index (χ2v) is 8.90. The summed E-state index contributed by atoms with van der Waals surface area (Å²) in [5.41, 5.74) is 1.88. The molecule has 36 heavy (non-hydrogen) atoms. The van der Waals surface area contributed by atoms with E-state index < -0.39 is 23.8 Å². The standard InChI is InChI=1S/C28H23F3N2S2.Ni/c1-18-10-2-3-11-19(18)26(32-22-14-6-8-16-24(22)34)27(33-23-15-7-9-17-25(23)35)20-12-4-5-13-21(20)28(29,30)31;/h2-17,26-27,34-35H,1H3;/q-2;/p-2. The molecular formula is C28H21F3N2NiS2-4. The van der Waals surface area contributed by atoms with Crippen molar-refractivity contribution in [3.63, 3.8) is 0 Å². The van der Waals surface area contributed by atoms with Crippen LogP contribution in [0.25, 0.3) is 10.6 Å². The minimum atomic E-state index is -4.57. The van der Waals surface area contributed by atoms with E-state index in [1.165, 1.54) is 12.1 Å². The van der Waals surface area contributed by atoms with Gasteiger partial charge in [-0.15, -0.1) is 12.1 Å². The summed E-state index contributed by atoms with van der Waals surface area (Å²) in [6.07, 6.45) is -4.57. The van der Waals surface area contributed by atoms with Crippen molar-refractivity contribution >= 4 is 36.6 Å². The van der Waals surface area contributed by atoms with Gasteiger partial charge in [-0.1, -0.05) is 102 Å². The van der Waals surface area contributed by atoms with Crippen LogP contribution in [0.2, 0.25) is 0 Å².